The highest BCUT2D eigenvalue weighted by Gasteiger charge is 2.20. The van der Waals surface area contributed by atoms with Crippen LogP contribution in [0.1, 0.15) is 44.6 Å². The molecule has 2 aromatic rings. The first-order chi connectivity index (χ1) is 9.10. The van der Waals surface area contributed by atoms with Crippen LogP contribution in [0.4, 0.5) is 0 Å². The van der Waals surface area contributed by atoms with Crippen molar-refractivity contribution in [3.63, 3.8) is 0 Å². The minimum Gasteiger partial charge on any atom is -0.325 e. The fourth-order valence-corrected chi connectivity index (χ4v) is 2.83. The molecule has 0 N–H and O–H groups in total. The number of alkyl halides is 1. The molecule has 0 amide bonds. The number of aryl methyl sites for hydroxylation is 2. The topological polar surface area (TPSA) is 17.8 Å². The van der Waals surface area contributed by atoms with E-state index in [4.69, 9.17) is 16.6 Å². The first-order valence-electron chi connectivity index (χ1n) is 7.12. The van der Waals surface area contributed by atoms with Gasteiger partial charge in [0, 0.05) is 18.3 Å². The van der Waals surface area contributed by atoms with E-state index >= 15 is 0 Å². The van der Waals surface area contributed by atoms with Gasteiger partial charge in [-0.1, -0.05) is 32.4 Å². The van der Waals surface area contributed by atoms with Gasteiger partial charge in [-0.05, 0) is 31.4 Å². The average molecular weight is 279 g/mol. The van der Waals surface area contributed by atoms with E-state index in [1.165, 1.54) is 17.5 Å². The molecule has 0 bridgehead atoms. The Morgan fingerprint density at radius 1 is 1.32 bits per heavy atom. The van der Waals surface area contributed by atoms with Crippen molar-refractivity contribution in [2.24, 2.45) is 5.92 Å². The zero-order chi connectivity index (χ0) is 14.0. The van der Waals surface area contributed by atoms with Crippen LogP contribution in [0.25, 0.3) is 11.0 Å². The lowest BCUT2D eigenvalue weighted by Gasteiger charge is -2.23. The quantitative estimate of drug-likeness (QED) is 0.723. The van der Waals surface area contributed by atoms with Gasteiger partial charge in [0.05, 0.1) is 11.0 Å². The summed E-state index contributed by atoms with van der Waals surface area (Å²) in [6, 6.07) is 6.79. The molecule has 1 heterocycles. The summed E-state index contributed by atoms with van der Waals surface area (Å²) < 4.78 is 2.40. The van der Waals surface area contributed by atoms with Crippen LogP contribution in [0.2, 0.25) is 0 Å². The largest absolute Gasteiger partial charge is 0.325 e. The number of imidazole rings is 1. The highest BCUT2D eigenvalue weighted by molar-refractivity contribution is 6.17. The Hall–Kier alpha value is -1.02. The molecule has 0 aliphatic rings. The third-order valence-electron chi connectivity index (χ3n) is 4.18. The van der Waals surface area contributed by atoms with Gasteiger partial charge in [0.1, 0.15) is 5.82 Å². The van der Waals surface area contributed by atoms with Gasteiger partial charge in [-0.25, -0.2) is 4.98 Å². The third-order valence-corrected chi connectivity index (χ3v) is 4.37. The Balaban J connectivity index is 2.63. The van der Waals surface area contributed by atoms with Crippen molar-refractivity contribution in [3.05, 3.63) is 29.6 Å². The van der Waals surface area contributed by atoms with E-state index < -0.39 is 0 Å². The second-order valence-electron chi connectivity index (χ2n) is 5.41. The Kier molecular flexibility index (Phi) is 4.51. The van der Waals surface area contributed by atoms with Crippen molar-refractivity contribution in [2.75, 3.05) is 5.88 Å². The molecule has 1 aromatic heterocycles. The fraction of sp³-hybridized carbons (Fsp3) is 0.562. The second kappa shape index (κ2) is 5.96. The molecule has 2 atom stereocenters. The molecule has 1 aromatic carbocycles. The first kappa shape index (κ1) is 14.4. The van der Waals surface area contributed by atoms with E-state index in [-0.39, 0.29) is 0 Å². The summed E-state index contributed by atoms with van der Waals surface area (Å²) >= 11 is 5.94. The lowest BCUT2D eigenvalue weighted by atomic mass is 10.00. The second-order valence-corrected chi connectivity index (χ2v) is 5.78. The first-order valence-corrected chi connectivity index (χ1v) is 7.66. The van der Waals surface area contributed by atoms with E-state index in [1.54, 1.807) is 0 Å². The summed E-state index contributed by atoms with van der Waals surface area (Å²) in [4.78, 5) is 4.78. The molecule has 2 rings (SSSR count). The van der Waals surface area contributed by atoms with E-state index in [9.17, 15) is 0 Å². The number of para-hydroxylation sites is 1. The normalized spacial score (nSPS) is 14.8. The van der Waals surface area contributed by atoms with Crippen molar-refractivity contribution in [1.29, 1.82) is 0 Å². The number of rotatable bonds is 5. The van der Waals surface area contributed by atoms with Gasteiger partial charge < -0.3 is 4.57 Å². The lowest BCUT2D eigenvalue weighted by molar-refractivity contribution is 0.369. The fourth-order valence-electron chi connectivity index (χ4n) is 2.66. The number of nitrogens with zero attached hydrogens (tertiary/aromatic N) is 2. The highest BCUT2D eigenvalue weighted by Crippen LogP contribution is 2.29. The van der Waals surface area contributed by atoms with Crippen LogP contribution in [-0.4, -0.2) is 15.4 Å². The molecule has 0 aliphatic carbocycles. The molecule has 0 fully saturated rings. The SMILES string of the molecule is CCC(C)C(C)n1c(CCCl)nc2cccc(C)c21. The summed E-state index contributed by atoms with van der Waals surface area (Å²) in [5.74, 6) is 2.37. The highest BCUT2D eigenvalue weighted by atomic mass is 35.5. The van der Waals surface area contributed by atoms with Crippen LogP contribution in [0, 0.1) is 12.8 Å². The monoisotopic (exact) mass is 278 g/mol. The molecule has 19 heavy (non-hydrogen) atoms. The van der Waals surface area contributed by atoms with Crippen LogP contribution in [-0.2, 0) is 6.42 Å². The zero-order valence-electron chi connectivity index (χ0n) is 12.3. The molecule has 2 unspecified atom stereocenters. The molecule has 0 saturated carbocycles. The Bertz CT molecular complexity index is 559. The number of fused-ring (bicyclic) bond motifs is 1. The van der Waals surface area contributed by atoms with Crippen molar-refractivity contribution in [2.45, 2.75) is 46.6 Å². The predicted octanol–water partition coefficient (Wildman–Crippen LogP) is 4.73. The maximum atomic E-state index is 5.94. The molecule has 0 spiro atoms. The Morgan fingerprint density at radius 2 is 2.05 bits per heavy atom. The number of benzene rings is 1. The standard InChI is InChI=1S/C16H23ClN2/c1-5-11(2)13(4)19-15(9-10-17)18-14-8-6-7-12(3)16(14)19/h6-8,11,13H,5,9-10H2,1-4H3. The predicted molar refractivity (Wildman–Crippen MR) is 83.1 cm³/mol. The number of halogens is 1. The van der Waals surface area contributed by atoms with E-state index in [1.807, 2.05) is 0 Å². The molecule has 0 saturated heterocycles. The maximum absolute atomic E-state index is 5.94. The summed E-state index contributed by atoms with van der Waals surface area (Å²) in [5.41, 5.74) is 3.66. The number of hydrogen-bond acceptors (Lipinski definition) is 1. The Morgan fingerprint density at radius 3 is 2.68 bits per heavy atom. The Labute approximate surface area is 120 Å². The third kappa shape index (κ3) is 2.64. The summed E-state index contributed by atoms with van der Waals surface area (Å²) in [7, 11) is 0. The van der Waals surface area contributed by atoms with E-state index in [2.05, 4.69) is 50.5 Å². The number of hydrogen-bond donors (Lipinski definition) is 0. The van der Waals surface area contributed by atoms with Gasteiger partial charge in [-0.15, -0.1) is 11.6 Å². The number of aromatic nitrogens is 2. The van der Waals surface area contributed by atoms with Crippen molar-refractivity contribution in [1.82, 2.24) is 9.55 Å². The van der Waals surface area contributed by atoms with E-state index in [0.29, 0.717) is 17.8 Å². The van der Waals surface area contributed by atoms with Crippen molar-refractivity contribution >= 4 is 22.6 Å². The van der Waals surface area contributed by atoms with Crippen molar-refractivity contribution < 1.29 is 0 Å². The summed E-state index contributed by atoms with van der Waals surface area (Å²) in [6.07, 6.45) is 2.00. The van der Waals surface area contributed by atoms with Crippen LogP contribution in [0.15, 0.2) is 18.2 Å². The smallest absolute Gasteiger partial charge is 0.111 e. The molecule has 0 aliphatic heterocycles. The molecule has 104 valence electrons. The summed E-state index contributed by atoms with van der Waals surface area (Å²) in [6.45, 7) is 9.00. The van der Waals surface area contributed by atoms with Crippen LogP contribution in [0.5, 0.6) is 0 Å². The van der Waals surface area contributed by atoms with Crippen LogP contribution in [0.3, 0.4) is 0 Å². The molecule has 3 heteroatoms. The van der Waals surface area contributed by atoms with Gasteiger partial charge in [0.2, 0.25) is 0 Å². The molecule has 2 nitrogen and oxygen atoms in total. The zero-order valence-corrected chi connectivity index (χ0v) is 13.0. The summed E-state index contributed by atoms with van der Waals surface area (Å²) in [5, 5.41) is 0. The van der Waals surface area contributed by atoms with Crippen molar-refractivity contribution in [3.8, 4) is 0 Å². The van der Waals surface area contributed by atoms with Gasteiger partial charge in [-0.2, -0.15) is 0 Å². The molecular weight excluding hydrogens is 256 g/mol. The van der Waals surface area contributed by atoms with E-state index in [0.717, 1.165) is 17.8 Å². The maximum Gasteiger partial charge on any atom is 0.111 e. The minimum absolute atomic E-state index is 0.453. The van der Waals surface area contributed by atoms with Gasteiger partial charge in [0.15, 0.2) is 0 Å². The lowest BCUT2D eigenvalue weighted by Crippen LogP contribution is -2.17. The van der Waals surface area contributed by atoms with Gasteiger partial charge in [0.25, 0.3) is 0 Å². The van der Waals surface area contributed by atoms with Gasteiger partial charge in [-0.3, -0.25) is 0 Å². The molecule has 0 radical (unpaired) electrons. The molecular formula is C16H23ClN2. The van der Waals surface area contributed by atoms with Crippen LogP contribution < -0.4 is 0 Å². The minimum atomic E-state index is 0.453. The van der Waals surface area contributed by atoms with Gasteiger partial charge >= 0.3 is 0 Å². The average Bonchev–Trinajstić information content (AvgIpc) is 2.77. The van der Waals surface area contributed by atoms with Crippen LogP contribution >= 0.6 is 11.6 Å².